The van der Waals surface area contributed by atoms with Gasteiger partial charge in [-0.25, -0.2) is 4.79 Å². The summed E-state index contributed by atoms with van der Waals surface area (Å²) in [5, 5.41) is -0.513. The van der Waals surface area contributed by atoms with Gasteiger partial charge in [-0.15, -0.1) is 0 Å². The van der Waals surface area contributed by atoms with Gasteiger partial charge in [0.1, 0.15) is 0 Å². The number of ether oxygens (including phenoxy) is 1. The molecular weight excluding hydrogens is 274 g/mol. The maximum Gasteiger partial charge on any atom is 0.333 e. The van der Waals surface area contributed by atoms with E-state index in [2.05, 4.69) is 6.58 Å². The van der Waals surface area contributed by atoms with Crippen molar-refractivity contribution in [1.29, 1.82) is 0 Å². The first-order valence-electron chi connectivity index (χ1n) is 5.52. The Morgan fingerprint density at radius 1 is 1.32 bits per heavy atom. The molecule has 0 spiro atoms. The highest BCUT2D eigenvalue weighted by Crippen LogP contribution is 2.07. The molecule has 0 saturated carbocycles. The van der Waals surface area contributed by atoms with Crippen molar-refractivity contribution in [2.24, 2.45) is 0 Å². The van der Waals surface area contributed by atoms with E-state index < -0.39 is 21.3 Å². The van der Waals surface area contributed by atoms with E-state index in [1.165, 1.54) is 0 Å². The van der Waals surface area contributed by atoms with Gasteiger partial charge < -0.3 is 16.4 Å². The van der Waals surface area contributed by atoms with Gasteiger partial charge in [0.15, 0.2) is 0 Å². The van der Waals surface area contributed by atoms with Gasteiger partial charge in [0.25, 0.3) is 10.1 Å². The van der Waals surface area contributed by atoms with Crippen molar-refractivity contribution in [2.45, 2.75) is 38.9 Å². The molecule has 116 valence electrons. The van der Waals surface area contributed by atoms with Gasteiger partial charge in [-0.05, 0) is 20.3 Å². The fraction of sp³-hybridized carbons (Fsp3) is 0.727. The minimum Gasteiger partial charge on any atom is -0.462 e. The second-order valence-electron chi connectivity index (χ2n) is 3.80. The third-order valence-corrected chi connectivity index (χ3v) is 4.00. The minimum atomic E-state index is -3.49. The quantitative estimate of drug-likeness (QED) is 0.307. The zero-order valence-corrected chi connectivity index (χ0v) is 12.6. The number of carbonyl (C=O) groups excluding carboxylic acids is 1. The second kappa shape index (κ2) is 10.9. The number of hydrogen-bond acceptors (Lipinski definition) is 6. The van der Waals surface area contributed by atoms with Crippen LogP contribution >= 0.6 is 0 Å². The third-order valence-electron chi connectivity index (χ3n) is 2.19. The molecule has 0 aliphatic carbocycles. The molecule has 0 radical (unpaired) electrons. The fourth-order valence-corrected chi connectivity index (χ4v) is 1.83. The Labute approximate surface area is 115 Å². The lowest BCUT2D eigenvalue weighted by molar-refractivity contribution is -0.139. The molecular formula is C11H25NO6S. The summed E-state index contributed by atoms with van der Waals surface area (Å²) in [6, 6.07) is 0. The lowest BCUT2D eigenvalue weighted by atomic mass is 10.4. The molecule has 1 atom stereocenters. The largest absolute Gasteiger partial charge is 0.462 e. The van der Waals surface area contributed by atoms with Crippen molar-refractivity contribution >= 4 is 16.1 Å². The lowest BCUT2D eigenvalue weighted by Gasteiger charge is -2.10. The molecule has 8 heteroatoms. The molecule has 0 rings (SSSR count). The maximum absolute atomic E-state index is 11.4. The topological polar surface area (TPSA) is 136 Å². The number of carbonyl (C=O) groups is 1. The molecule has 0 saturated heterocycles. The van der Waals surface area contributed by atoms with E-state index in [0.29, 0.717) is 18.4 Å². The third kappa shape index (κ3) is 9.60. The van der Waals surface area contributed by atoms with Crippen molar-refractivity contribution in [1.82, 2.24) is 6.15 Å². The summed E-state index contributed by atoms with van der Waals surface area (Å²) in [5.41, 5.74) is 0.318. The molecule has 0 heterocycles. The van der Waals surface area contributed by atoms with Crippen LogP contribution in [-0.2, 0) is 23.8 Å². The predicted octanol–water partition coefficient (Wildman–Crippen LogP) is 0.978. The summed E-state index contributed by atoms with van der Waals surface area (Å²) in [6.45, 7) is 8.50. The van der Waals surface area contributed by atoms with E-state index in [9.17, 15) is 13.2 Å². The van der Waals surface area contributed by atoms with Crippen LogP contribution in [0.1, 0.15) is 33.6 Å². The van der Waals surface area contributed by atoms with Crippen LogP contribution in [0.15, 0.2) is 12.2 Å². The number of rotatable bonds is 8. The van der Waals surface area contributed by atoms with Crippen LogP contribution in [0.3, 0.4) is 0 Å². The summed E-state index contributed by atoms with van der Waals surface area (Å²) in [4.78, 5) is 11.0. The van der Waals surface area contributed by atoms with Crippen molar-refractivity contribution in [2.75, 3.05) is 13.2 Å². The van der Waals surface area contributed by atoms with E-state index in [-0.39, 0.29) is 24.8 Å². The van der Waals surface area contributed by atoms with Crippen molar-refractivity contribution in [3.63, 3.8) is 0 Å². The van der Waals surface area contributed by atoms with Gasteiger partial charge in [0.2, 0.25) is 0 Å². The van der Waals surface area contributed by atoms with Gasteiger partial charge in [0.05, 0.1) is 18.5 Å². The summed E-state index contributed by atoms with van der Waals surface area (Å²) >= 11 is 0. The number of esters is 1. The Balaban J connectivity index is -0.00000128. The van der Waals surface area contributed by atoms with Gasteiger partial charge in [-0.3, -0.25) is 4.18 Å². The van der Waals surface area contributed by atoms with Gasteiger partial charge in [0, 0.05) is 12.0 Å². The minimum absolute atomic E-state index is 0. The summed E-state index contributed by atoms with van der Waals surface area (Å²) in [5.74, 6) is -0.477. The fourth-order valence-electron chi connectivity index (χ4n) is 0.842. The molecule has 1 unspecified atom stereocenters. The maximum atomic E-state index is 11.4. The molecule has 19 heavy (non-hydrogen) atoms. The van der Waals surface area contributed by atoms with E-state index in [4.69, 9.17) is 8.92 Å². The Morgan fingerprint density at radius 2 is 1.84 bits per heavy atom. The van der Waals surface area contributed by atoms with Crippen LogP contribution in [0.4, 0.5) is 0 Å². The standard InChI is InChI=1S/C11H20O5S.H3N.H2O/c1-5-10(4)17(13,14)16-8-6-7-15-11(12)9(2)3;;/h10H,2,5-8H2,1,3-4H3;1H3;1H2. The van der Waals surface area contributed by atoms with Gasteiger partial charge >= 0.3 is 5.97 Å². The van der Waals surface area contributed by atoms with Crippen LogP contribution in [-0.4, -0.2) is 38.3 Å². The van der Waals surface area contributed by atoms with Crippen LogP contribution in [0, 0.1) is 0 Å². The van der Waals surface area contributed by atoms with Crippen molar-refractivity contribution < 1.29 is 27.6 Å². The molecule has 0 aliphatic heterocycles. The van der Waals surface area contributed by atoms with Crippen LogP contribution < -0.4 is 6.15 Å². The van der Waals surface area contributed by atoms with Crippen molar-refractivity contribution in [3.8, 4) is 0 Å². The van der Waals surface area contributed by atoms with Gasteiger partial charge in [-0.1, -0.05) is 13.5 Å². The highest BCUT2D eigenvalue weighted by molar-refractivity contribution is 7.87. The lowest BCUT2D eigenvalue weighted by Crippen LogP contribution is -2.20. The molecule has 0 aromatic carbocycles. The Kier molecular flexibility index (Phi) is 13.3. The first kappa shape index (κ1) is 23.2. The molecule has 0 aromatic rings. The average Bonchev–Trinajstić information content (AvgIpc) is 2.26. The van der Waals surface area contributed by atoms with Crippen molar-refractivity contribution in [3.05, 3.63) is 12.2 Å². The normalized spacial score (nSPS) is 11.7. The van der Waals surface area contributed by atoms with E-state index in [1.54, 1.807) is 20.8 Å². The first-order valence-corrected chi connectivity index (χ1v) is 6.99. The molecule has 7 nitrogen and oxygen atoms in total. The van der Waals surface area contributed by atoms with Crippen LogP contribution in [0.2, 0.25) is 0 Å². The van der Waals surface area contributed by atoms with Crippen LogP contribution in [0.25, 0.3) is 0 Å². The predicted molar refractivity (Wildman–Crippen MR) is 73.7 cm³/mol. The van der Waals surface area contributed by atoms with E-state index >= 15 is 0 Å². The smallest absolute Gasteiger partial charge is 0.333 e. The zero-order valence-electron chi connectivity index (χ0n) is 11.8. The molecule has 0 fully saturated rings. The Hall–Kier alpha value is -0.960. The highest BCUT2D eigenvalue weighted by Gasteiger charge is 2.19. The molecule has 0 aliphatic rings. The first-order chi connectivity index (χ1) is 7.81. The summed E-state index contributed by atoms with van der Waals surface area (Å²) in [6.07, 6.45) is 0.849. The van der Waals surface area contributed by atoms with E-state index in [1.807, 2.05) is 0 Å². The summed E-state index contributed by atoms with van der Waals surface area (Å²) in [7, 11) is -3.49. The molecule has 0 amide bonds. The van der Waals surface area contributed by atoms with E-state index in [0.717, 1.165) is 0 Å². The Bertz CT molecular complexity index is 365. The number of hydrogen-bond donors (Lipinski definition) is 1. The monoisotopic (exact) mass is 299 g/mol. The summed E-state index contributed by atoms with van der Waals surface area (Å²) < 4.78 is 32.4. The molecule has 5 N–H and O–H groups in total. The zero-order chi connectivity index (χ0) is 13.5. The molecule has 0 aromatic heterocycles. The molecule has 0 bridgehead atoms. The Morgan fingerprint density at radius 3 is 2.26 bits per heavy atom. The highest BCUT2D eigenvalue weighted by atomic mass is 32.2. The van der Waals surface area contributed by atoms with Crippen LogP contribution in [0.5, 0.6) is 0 Å². The van der Waals surface area contributed by atoms with Gasteiger partial charge in [-0.2, -0.15) is 8.42 Å². The average molecular weight is 299 g/mol. The SMILES string of the molecule is C=C(C)C(=O)OCCCOS(=O)(=O)C(C)CC.N.O. The second-order valence-corrected chi connectivity index (χ2v) is 5.83.